The minimum atomic E-state index is 0. The first kappa shape index (κ1) is 21.9. The summed E-state index contributed by atoms with van der Waals surface area (Å²) in [6, 6.07) is 9.44. The molecule has 4 saturated carbocycles. The van der Waals surface area contributed by atoms with Crippen molar-refractivity contribution in [2.45, 2.75) is 63.1 Å². The zero-order chi connectivity index (χ0) is 23.8. The summed E-state index contributed by atoms with van der Waals surface area (Å²) in [4.78, 5) is 9.39. The summed E-state index contributed by atoms with van der Waals surface area (Å²) in [7, 11) is 0. The summed E-state index contributed by atoms with van der Waals surface area (Å²) in [5, 5.41) is 1.45. The Morgan fingerprint density at radius 1 is 1.14 bits per heavy atom. The van der Waals surface area contributed by atoms with Crippen LogP contribution >= 0.6 is 0 Å². The number of fused-ring (bicyclic) bond motifs is 4. The third-order valence-electron chi connectivity index (χ3n) is 9.95. The van der Waals surface area contributed by atoms with E-state index >= 15 is 0 Å². The van der Waals surface area contributed by atoms with Crippen molar-refractivity contribution in [1.29, 1.82) is 0 Å². The van der Waals surface area contributed by atoms with Crippen LogP contribution in [0.5, 0.6) is 0 Å². The average Bonchev–Trinajstić information content (AvgIpc) is 3.40. The molecule has 1 aromatic heterocycles. The van der Waals surface area contributed by atoms with E-state index in [9.17, 15) is 0 Å². The van der Waals surface area contributed by atoms with Crippen molar-refractivity contribution >= 4 is 10.9 Å². The third kappa shape index (κ3) is 3.12. The SMILES string of the molecule is C=C.CCCN1CC(OC2=CC3CC3([C@@H]3c4[nH]c5ccccc5c4CCN3C34CC(C3)C4)C=C2)C1.[HH]. The van der Waals surface area contributed by atoms with Gasteiger partial charge in [-0.3, -0.25) is 9.80 Å². The van der Waals surface area contributed by atoms with E-state index in [1.807, 2.05) is 0 Å². The summed E-state index contributed by atoms with van der Waals surface area (Å²) >= 11 is 0. The van der Waals surface area contributed by atoms with E-state index in [2.05, 4.69) is 77.4 Å². The minimum Gasteiger partial charge on any atom is -0.488 e. The summed E-state index contributed by atoms with van der Waals surface area (Å²) in [6.45, 7) is 12.9. The van der Waals surface area contributed by atoms with Gasteiger partial charge in [-0.15, -0.1) is 13.2 Å². The fourth-order valence-corrected chi connectivity index (χ4v) is 8.09. The van der Waals surface area contributed by atoms with Crippen LogP contribution in [0.25, 0.3) is 10.9 Å². The molecule has 2 unspecified atom stereocenters. The number of nitrogens with one attached hydrogen (secondary N) is 1. The number of rotatable bonds is 6. The molecule has 3 atom stereocenters. The lowest BCUT2D eigenvalue weighted by Crippen LogP contribution is -2.70. The largest absolute Gasteiger partial charge is 0.488 e. The van der Waals surface area contributed by atoms with Crippen LogP contribution in [0.3, 0.4) is 0 Å². The Morgan fingerprint density at radius 2 is 1.94 bits per heavy atom. The fraction of sp³-hybridized carbons (Fsp3) is 0.548. The lowest BCUT2D eigenvalue weighted by molar-refractivity contribution is -0.172. The molecule has 1 saturated heterocycles. The Kier molecular flexibility index (Phi) is 4.92. The zero-order valence-electron chi connectivity index (χ0n) is 21.1. The molecule has 2 aliphatic heterocycles. The number of aromatic amines is 1. The van der Waals surface area contributed by atoms with Gasteiger partial charge in [0.2, 0.25) is 0 Å². The van der Waals surface area contributed by atoms with Crippen molar-refractivity contribution in [3.63, 3.8) is 0 Å². The molecule has 0 radical (unpaired) electrons. The summed E-state index contributed by atoms with van der Waals surface area (Å²) < 4.78 is 6.40. The van der Waals surface area contributed by atoms with Gasteiger partial charge in [0, 0.05) is 48.6 Å². The van der Waals surface area contributed by atoms with E-state index in [1.165, 1.54) is 68.2 Å². The van der Waals surface area contributed by atoms with Crippen LogP contribution in [0.4, 0.5) is 0 Å². The van der Waals surface area contributed by atoms with Crippen LogP contribution in [0, 0.1) is 17.3 Å². The number of benzene rings is 1. The highest BCUT2D eigenvalue weighted by Gasteiger charge is 2.68. The number of hydrogen-bond donors (Lipinski definition) is 1. The number of para-hydroxylation sites is 1. The lowest BCUT2D eigenvalue weighted by Gasteiger charge is -2.69. The average molecular weight is 472 g/mol. The van der Waals surface area contributed by atoms with E-state index in [0.29, 0.717) is 23.6 Å². The highest BCUT2D eigenvalue weighted by atomic mass is 16.5. The molecule has 1 N–H and O–H groups in total. The van der Waals surface area contributed by atoms with E-state index < -0.39 is 0 Å². The molecule has 4 nitrogen and oxygen atoms in total. The van der Waals surface area contributed by atoms with Gasteiger partial charge in [-0.25, -0.2) is 0 Å². The van der Waals surface area contributed by atoms with Gasteiger partial charge in [0.15, 0.2) is 0 Å². The molecule has 186 valence electrons. The quantitative estimate of drug-likeness (QED) is 0.506. The molecule has 3 heterocycles. The standard InChI is InChI=1S/C29H35N3O.C2H4.H2/c1-2-10-31-17-22(18-31)33-21-7-9-29(16-20(29)12-21)27-26-24(23-5-3-4-6-25(23)30-26)8-11-32(27)28-13-19(14-28)15-28;1-2;/h3-7,9,12,19-20,22,27,30H,2,8,10-11,13-18H2,1H3;1-2H2;1H/t19?,20?,27-,28?,29?;;/m0../s1. The first-order valence-corrected chi connectivity index (χ1v) is 13.8. The van der Waals surface area contributed by atoms with Crippen LogP contribution in [0.1, 0.15) is 57.8 Å². The van der Waals surface area contributed by atoms with Crippen molar-refractivity contribution in [3.05, 3.63) is 72.7 Å². The molecule has 0 spiro atoms. The van der Waals surface area contributed by atoms with Crippen LogP contribution in [0.2, 0.25) is 0 Å². The van der Waals surface area contributed by atoms with Gasteiger partial charge in [-0.05, 0) is 80.7 Å². The van der Waals surface area contributed by atoms with Gasteiger partial charge in [-0.1, -0.05) is 31.2 Å². The topological polar surface area (TPSA) is 31.5 Å². The number of nitrogens with zero attached hydrogens (tertiary/aromatic N) is 2. The first-order chi connectivity index (χ1) is 17.2. The van der Waals surface area contributed by atoms with E-state index in [1.54, 1.807) is 5.56 Å². The zero-order valence-corrected chi connectivity index (χ0v) is 21.1. The van der Waals surface area contributed by atoms with Crippen LogP contribution in [0.15, 0.2) is 61.4 Å². The first-order valence-electron chi connectivity index (χ1n) is 13.8. The second-order valence-corrected chi connectivity index (χ2v) is 11.9. The van der Waals surface area contributed by atoms with Crippen molar-refractivity contribution < 1.29 is 6.16 Å². The van der Waals surface area contributed by atoms with E-state index in [4.69, 9.17) is 4.74 Å². The predicted molar refractivity (Wildman–Crippen MR) is 144 cm³/mol. The van der Waals surface area contributed by atoms with Crippen LogP contribution < -0.4 is 0 Å². The van der Waals surface area contributed by atoms with Gasteiger partial charge in [-0.2, -0.15) is 0 Å². The Labute approximate surface area is 211 Å². The Balaban J connectivity index is 0.000000783. The molecular formula is C31H41N3O. The Bertz CT molecular complexity index is 1190. The lowest BCUT2D eigenvalue weighted by atomic mass is 9.48. The molecule has 5 fully saturated rings. The molecule has 2 aromatic rings. The number of likely N-dealkylation sites (tertiary alicyclic amines) is 1. The second kappa shape index (κ2) is 7.85. The summed E-state index contributed by atoms with van der Waals surface area (Å²) in [5.74, 6) is 2.75. The number of hydrogen-bond acceptors (Lipinski definition) is 3. The predicted octanol–water partition coefficient (Wildman–Crippen LogP) is 6.24. The number of H-pyrrole nitrogens is 1. The van der Waals surface area contributed by atoms with Gasteiger partial charge >= 0.3 is 0 Å². The molecule has 9 rings (SSSR count). The molecular weight excluding hydrogens is 430 g/mol. The second-order valence-electron chi connectivity index (χ2n) is 11.9. The summed E-state index contributed by atoms with van der Waals surface area (Å²) in [6.07, 6.45) is 15.7. The van der Waals surface area contributed by atoms with Crippen molar-refractivity contribution in [3.8, 4) is 0 Å². The molecule has 1 aromatic carbocycles. The Hall–Kier alpha value is -2.30. The minimum absolute atomic E-state index is 0. The van der Waals surface area contributed by atoms with Crippen molar-refractivity contribution in [2.24, 2.45) is 17.3 Å². The molecule has 0 amide bonds. The normalized spacial score (nSPS) is 37.1. The number of allylic oxidation sites excluding steroid dienone is 2. The van der Waals surface area contributed by atoms with Gasteiger partial charge in [0.25, 0.3) is 0 Å². The van der Waals surface area contributed by atoms with Gasteiger partial charge in [0.1, 0.15) is 11.9 Å². The maximum atomic E-state index is 6.40. The molecule has 7 aliphatic rings. The monoisotopic (exact) mass is 471 g/mol. The molecule has 2 bridgehead atoms. The third-order valence-corrected chi connectivity index (χ3v) is 9.95. The summed E-state index contributed by atoms with van der Waals surface area (Å²) in [5.41, 5.74) is 5.16. The fourth-order valence-electron chi connectivity index (χ4n) is 8.09. The maximum absolute atomic E-state index is 6.40. The van der Waals surface area contributed by atoms with Crippen molar-refractivity contribution in [2.75, 3.05) is 26.2 Å². The molecule has 5 aliphatic carbocycles. The highest BCUT2D eigenvalue weighted by molar-refractivity contribution is 5.85. The van der Waals surface area contributed by atoms with Crippen LogP contribution in [-0.4, -0.2) is 52.6 Å². The maximum Gasteiger partial charge on any atom is 0.124 e. The highest BCUT2D eigenvalue weighted by Crippen LogP contribution is 2.71. The number of ether oxygens (including phenoxy) is 1. The Morgan fingerprint density at radius 3 is 2.66 bits per heavy atom. The molecule has 4 heteroatoms. The van der Waals surface area contributed by atoms with Gasteiger partial charge < -0.3 is 9.72 Å². The van der Waals surface area contributed by atoms with Gasteiger partial charge in [0.05, 0.1) is 6.04 Å². The van der Waals surface area contributed by atoms with E-state index in [-0.39, 0.29) is 6.84 Å². The van der Waals surface area contributed by atoms with Crippen LogP contribution in [-0.2, 0) is 11.2 Å². The van der Waals surface area contributed by atoms with Crippen molar-refractivity contribution in [1.82, 2.24) is 14.8 Å². The number of aromatic nitrogens is 1. The smallest absolute Gasteiger partial charge is 0.124 e. The van der Waals surface area contributed by atoms with E-state index in [0.717, 1.165) is 24.8 Å². The molecule has 35 heavy (non-hydrogen) atoms.